The van der Waals surface area contributed by atoms with Crippen molar-refractivity contribution in [2.75, 3.05) is 13.1 Å². The molecule has 2 aromatic rings. The summed E-state index contributed by atoms with van der Waals surface area (Å²) in [5.41, 5.74) is 0.930. The lowest BCUT2D eigenvalue weighted by molar-refractivity contribution is 0.0691. The molecule has 1 aromatic carbocycles. The Balaban J connectivity index is 1.87. The zero-order valence-corrected chi connectivity index (χ0v) is 11.5. The molecule has 0 spiro atoms. The van der Waals surface area contributed by atoms with Crippen molar-refractivity contribution in [1.82, 2.24) is 9.88 Å². The summed E-state index contributed by atoms with van der Waals surface area (Å²) in [6.45, 7) is 3.77. The Morgan fingerprint density at radius 3 is 2.70 bits per heavy atom. The van der Waals surface area contributed by atoms with Crippen LogP contribution >= 0.6 is 0 Å². The summed E-state index contributed by atoms with van der Waals surface area (Å²) in [6, 6.07) is 7.98. The second-order valence-electron chi connectivity index (χ2n) is 5.51. The summed E-state index contributed by atoms with van der Waals surface area (Å²) in [5.74, 6) is 0.294. The molecule has 1 aliphatic rings. The fourth-order valence-corrected chi connectivity index (χ4v) is 2.58. The van der Waals surface area contributed by atoms with Crippen LogP contribution in [0.2, 0.25) is 0 Å². The van der Waals surface area contributed by atoms with E-state index in [2.05, 4.69) is 11.9 Å². The first-order chi connectivity index (χ1) is 9.63. The third kappa shape index (κ3) is 2.50. The van der Waals surface area contributed by atoms with E-state index in [4.69, 9.17) is 0 Å². The standard InChI is InChI=1S/C16H17FN2O/c1-11-6-8-19(9-7-11)16(20)14-5-3-12-2-4-13(17)10-15(12)18-14/h2-5,10-11H,6-9H2,1H3. The van der Waals surface area contributed by atoms with Gasteiger partial charge in [0, 0.05) is 24.5 Å². The highest BCUT2D eigenvalue weighted by molar-refractivity contribution is 5.95. The summed E-state index contributed by atoms with van der Waals surface area (Å²) in [6.07, 6.45) is 2.07. The maximum absolute atomic E-state index is 13.2. The molecule has 0 saturated carbocycles. The number of rotatable bonds is 1. The van der Waals surface area contributed by atoms with Crippen molar-refractivity contribution in [2.24, 2.45) is 5.92 Å². The van der Waals surface area contributed by atoms with E-state index in [0.29, 0.717) is 17.1 Å². The molecule has 2 heterocycles. The van der Waals surface area contributed by atoms with Crippen LogP contribution in [0.3, 0.4) is 0 Å². The topological polar surface area (TPSA) is 33.2 Å². The Kier molecular flexibility index (Phi) is 3.38. The molecule has 4 heteroatoms. The number of halogens is 1. The van der Waals surface area contributed by atoms with Gasteiger partial charge in [-0.1, -0.05) is 13.0 Å². The second-order valence-corrected chi connectivity index (χ2v) is 5.51. The molecule has 3 rings (SSSR count). The number of hydrogen-bond donors (Lipinski definition) is 0. The molecule has 0 aliphatic carbocycles. The van der Waals surface area contributed by atoms with Gasteiger partial charge in [0.05, 0.1) is 5.52 Å². The molecule has 0 unspecified atom stereocenters. The predicted octanol–water partition coefficient (Wildman–Crippen LogP) is 3.25. The molecule has 1 fully saturated rings. The number of carbonyl (C=O) groups is 1. The van der Waals surface area contributed by atoms with Crippen molar-refractivity contribution in [3.05, 3.63) is 41.8 Å². The fourth-order valence-electron chi connectivity index (χ4n) is 2.58. The van der Waals surface area contributed by atoms with E-state index in [0.717, 1.165) is 31.3 Å². The monoisotopic (exact) mass is 272 g/mol. The van der Waals surface area contributed by atoms with E-state index in [-0.39, 0.29) is 11.7 Å². The van der Waals surface area contributed by atoms with Crippen LogP contribution in [-0.2, 0) is 0 Å². The Bertz CT molecular complexity index is 648. The first-order valence-electron chi connectivity index (χ1n) is 6.99. The van der Waals surface area contributed by atoms with Crippen LogP contribution in [-0.4, -0.2) is 28.9 Å². The van der Waals surface area contributed by atoms with Gasteiger partial charge in [-0.05, 0) is 37.0 Å². The molecule has 0 bridgehead atoms. The maximum atomic E-state index is 13.2. The number of amides is 1. The highest BCUT2D eigenvalue weighted by atomic mass is 19.1. The molecule has 0 radical (unpaired) electrons. The van der Waals surface area contributed by atoms with Gasteiger partial charge in [0.2, 0.25) is 0 Å². The van der Waals surface area contributed by atoms with Crippen molar-refractivity contribution in [3.63, 3.8) is 0 Å². The molecule has 1 aromatic heterocycles. The summed E-state index contributed by atoms with van der Waals surface area (Å²) in [4.78, 5) is 18.5. The SMILES string of the molecule is CC1CCN(C(=O)c2ccc3ccc(F)cc3n2)CC1. The van der Waals surface area contributed by atoms with Gasteiger partial charge in [0.1, 0.15) is 11.5 Å². The number of hydrogen-bond acceptors (Lipinski definition) is 2. The van der Waals surface area contributed by atoms with Gasteiger partial charge in [-0.3, -0.25) is 4.79 Å². The van der Waals surface area contributed by atoms with E-state index >= 15 is 0 Å². The Labute approximate surface area is 117 Å². The van der Waals surface area contributed by atoms with Crippen LogP contribution in [0.4, 0.5) is 4.39 Å². The third-order valence-corrected chi connectivity index (χ3v) is 3.94. The van der Waals surface area contributed by atoms with Crippen molar-refractivity contribution >= 4 is 16.8 Å². The number of piperidine rings is 1. The number of nitrogens with zero attached hydrogens (tertiary/aromatic N) is 2. The van der Waals surface area contributed by atoms with Gasteiger partial charge in [0.15, 0.2) is 0 Å². The lowest BCUT2D eigenvalue weighted by Gasteiger charge is -2.30. The molecule has 104 valence electrons. The van der Waals surface area contributed by atoms with Crippen molar-refractivity contribution in [2.45, 2.75) is 19.8 Å². The fraction of sp³-hybridized carbons (Fsp3) is 0.375. The van der Waals surface area contributed by atoms with Gasteiger partial charge in [-0.2, -0.15) is 0 Å². The molecule has 1 saturated heterocycles. The molecule has 0 atom stereocenters. The Morgan fingerprint density at radius 2 is 1.95 bits per heavy atom. The predicted molar refractivity (Wildman–Crippen MR) is 76.0 cm³/mol. The van der Waals surface area contributed by atoms with Gasteiger partial charge in [-0.25, -0.2) is 9.37 Å². The lowest BCUT2D eigenvalue weighted by Crippen LogP contribution is -2.38. The summed E-state index contributed by atoms with van der Waals surface area (Å²) in [5, 5.41) is 0.843. The summed E-state index contributed by atoms with van der Waals surface area (Å²) < 4.78 is 13.2. The van der Waals surface area contributed by atoms with Crippen molar-refractivity contribution < 1.29 is 9.18 Å². The van der Waals surface area contributed by atoms with E-state index in [9.17, 15) is 9.18 Å². The van der Waals surface area contributed by atoms with Crippen LogP contribution in [0.15, 0.2) is 30.3 Å². The number of fused-ring (bicyclic) bond motifs is 1. The van der Waals surface area contributed by atoms with E-state index in [1.54, 1.807) is 12.1 Å². The molecule has 3 nitrogen and oxygen atoms in total. The van der Waals surface area contributed by atoms with Gasteiger partial charge in [0.25, 0.3) is 5.91 Å². The van der Waals surface area contributed by atoms with E-state index < -0.39 is 0 Å². The number of likely N-dealkylation sites (tertiary alicyclic amines) is 1. The Hall–Kier alpha value is -1.97. The second kappa shape index (κ2) is 5.19. The quantitative estimate of drug-likeness (QED) is 0.798. The number of aromatic nitrogens is 1. The summed E-state index contributed by atoms with van der Waals surface area (Å²) >= 11 is 0. The molecule has 1 aliphatic heterocycles. The first kappa shape index (κ1) is 13.0. The maximum Gasteiger partial charge on any atom is 0.272 e. The van der Waals surface area contributed by atoms with E-state index in [1.165, 1.54) is 12.1 Å². The normalized spacial score (nSPS) is 16.6. The van der Waals surface area contributed by atoms with Gasteiger partial charge >= 0.3 is 0 Å². The van der Waals surface area contributed by atoms with Crippen LogP contribution in [0, 0.1) is 11.7 Å². The number of carbonyl (C=O) groups excluding carboxylic acids is 1. The van der Waals surface area contributed by atoms with Crippen LogP contribution < -0.4 is 0 Å². The molecule has 1 amide bonds. The smallest absolute Gasteiger partial charge is 0.272 e. The zero-order valence-electron chi connectivity index (χ0n) is 11.5. The van der Waals surface area contributed by atoms with Crippen molar-refractivity contribution in [3.8, 4) is 0 Å². The van der Waals surface area contributed by atoms with Gasteiger partial charge in [-0.15, -0.1) is 0 Å². The van der Waals surface area contributed by atoms with Crippen LogP contribution in [0.25, 0.3) is 10.9 Å². The summed E-state index contributed by atoms with van der Waals surface area (Å²) in [7, 11) is 0. The molecular weight excluding hydrogens is 255 g/mol. The number of benzene rings is 1. The minimum atomic E-state index is -0.332. The highest BCUT2D eigenvalue weighted by Gasteiger charge is 2.22. The average molecular weight is 272 g/mol. The minimum absolute atomic E-state index is 0.0527. The van der Waals surface area contributed by atoms with E-state index in [1.807, 2.05) is 11.0 Å². The highest BCUT2D eigenvalue weighted by Crippen LogP contribution is 2.19. The zero-order chi connectivity index (χ0) is 14.1. The Morgan fingerprint density at radius 1 is 1.25 bits per heavy atom. The average Bonchev–Trinajstić information content (AvgIpc) is 2.46. The van der Waals surface area contributed by atoms with Crippen molar-refractivity contribution in [1.29, 1.82) is 0 Å². The largest absolute Gasteiger partial charge is 0.337 e. The molecule has 20 heavy (non-hydrogen) atoms. The van der Waals surface area contributed by atoms with Crippen LogP contribution in [0.1, 0.15) is 30.3 Å². The first-order valence-corrected chi connectivity index (χ1v) is 6.99. The van der Waals surface area contributed by atoms with Crippen LogP contribution in [0.5, 0.6) is 0 Å². The molecule has 0 N–H and O–H groups in total. The third-order valence-electron chi connectivity index (χ3n) is 3.94. The number of pyridine rings is 1. The molecular formula is C16H17FN2O. The lowest BCUT2D eigenvalue weighted by atomic mass is 9.99. The minimum Gasteiger partial charge on any atom is -0.337 e. The van der Waals surface area contributed by atoms with Gasteiger partial charge < -0.3 is 4.90 Å².